The van der Waals surface area contributed by atoms with Crippen LogP contribution in [-0.2, 0) is 4.79 Å². The van der Waals surface area contributed by atoms with Crippen molar-refractivity contribution in [3.8, 4) is 0 Å². The normalized spacial score (nSPS) is 12.7. The lowest BCUT2D eigenvalue weighted by Crippen LogP contribution is -2.00. The predicted octanol–water partition coefficient (Wildman–Crippen LogP) is 2.57. The Morgan fingerprint density at radius 2 is 2.10 bits per heavy atom. The SMILES string of the molecule is C=C(C[C@@H](C)CC)C(C)=O. The Morgan fingerprint density at radius 1 is 1.60 bits per heavy atom. The zero-order valence-corrected chi connectivity index (χ0v) is 7.11. The third kappa shape index (κ3) is 3.44. The molecule has 1 nitrogen and oxygen atoms in total. The Bertz CT molecular complexity index is 136. The molecule has 0 aliphatic rings. The first-order chi connectivity index (χ1) is 4.57. The van der Waals surface area contributed by atoms with Gasteiger partial charge in [0.15, 0.2) is 5.78 Å². The van der Waals surface area contributed by atoms with E-state index in [0.29, 0.717) is 5.92 Å². The van der Waals surface area contributed by atoms with Crippen molar-refractivity contribution in [2.24, 2.45) is 5.92 Å². The molecule has 0 heterocycles. The highest BCUT2D eigenvalue weighted by Crippen LogP contribution is 2.12. The lowest BCUT2D eigenvalue weighted by Gasteiger charge is -2.07. The zero-order chi connectivity index (χ0) is 8.15. The van der Waals surface area contributed by atoms with E-state index in [9.17, 15) is 4.79 Å². The maximum atomic E-state index is 10.7. The van der Waals surface area contributed by atoms with Gasteiger partial charge in [-0.2, -0.15) is 0 Å². The second-order valence-corrected chi connectivity index (χ2v) is 2.88. The van der Waals surface area contributed by atoms with E-state index >= 15 is 0 Å². The fourth-order valence-corrected chi connectivity index (χ4v) is 0.709. The van der Waals surface area contributed by atoms with Gasteiger partial charge in [-0.15, -0.1) is 0 Å². The predicted molar refractivity (Wildman–Crippen MR) is 43.9 cm³/mol. The topological polar surface area (TPSA) is 17.1 Å². The minimum atomic E-state index is 0.125. The van der Waals surface area contributed by atoms with Crippen LogP contribution in [0.5, 0.6) is 0 Å². The fourth-order valence-electron chi connectivity index (χ4n) is 0.709. The third-order valence-corrected chi connectivity index (χ3v) is 1.79. The van der Waals surface area contributed by atoms with Crippen LogP contribution in [0.4, 0.5) is 0 Å². The van der Waals surface area contributed by atoms with E-state index in [1.165, 1.54) is 0 Å². The smallest absolute Gasteiger partial charge is 0.155 e. The van der Waals surface area contributed by atoms with Crippen LogP contribution in [0.3, 0.4) is 0 Å². The van der Waals surface area contributed by atoms with Crippen LogP contribution >= 0.6 is 0 Å². The maximum Gasteiger partial charge on any atom is 0.155 e. The van der Waals surface area contributed by atoms with Crippen molar-refractivity contribution >= 4 is 5.78 Å². The van der Waals surface area contributed by atoms with Crippen molar-refractivity contribution in [3.05, 3.63) is 12.2 Å². The standard InChI is InChI=1S/C9H16O/c1-5-7(2)6-8(3)9(4)10/h7H,3,5-6H2,1-2,4H3/t7-/m0/s1. The molecule has 0 aromatic rings. The molecule has 0 aliphatic heterocycles. The van der Waals surface area contributed by atoms with Gasteiger partial charge >= 0.3 is 0 Å². The largest absolute Gasteiger partial charge is 0.295 e. The van der Waals surface area contributed by atoms with Crippen LogP contribution in [0.1, 0.15) is 33.6 Å². The van der Waals surface area contributed by atoms with Crippen LogP contribution in [0.2, 0.25) is 0 Å². The lowest BCUT2D eigenvalue weighted by atomic mass is 9.98. The summed E-state index contributed by atoms with van der Waals surface area (Å²) in [6, 6.07) is 0. The molecule has 0 spiro atoms. The Balaban J connectivity index is 3.68. The minimum Gasteiger partial charge on any atom is -0.295 e. The van der Waals surface area contributed by atoms with E-state index in [-0.39, 0.29) is 5.78 Å². The average Bonchev–Trinajstić information content (AvgIpc) is 1.87. The van der Waals surface area contributed by atoms with Gasteiger partial charge in [-0.1, -0.05) is 26.8 Å². The van der Waals surface area contributed by atoms with Crippen LogP contribution in [-0.4, -0.2) is 5.78 Å². The molecule has 0 saturated heterocycles. The highest BCUT2D eigenvalue weighted by Gasteiger charge is 2.04. The molecule has 0 radical (unpaired) electrons. The first kappa shape index (κ1) is 9.41. The van der Waals surface area contributed by atoms with Gasteiger partial charge in [0, 0.05) is 0 Å². The first-order valence-electron chi connectivity index (χ1n) is 3.76. The Kier molecular flexibility index (Phi) is 4.01. The first-order valence-corrected chi connectivity index (χ1v) is 3.76. The van der Waals surface area contributed by atoms with Crippen LogP contribution < -0.4 is 0 Å². The Morgan fingerprint density at radius 3 is 2.40 bits per heavy atom. The molecular weight excluding hydrogens is 124 g/mol. The molecule has 1 heteroatoms. The van der Waals surface area contributed by atoms with Crippen molar-refractivity contribution in [1.82, 2.24) is 0 Å². The van der Waals surface area contributed by atoms with E-state index < -0.39 is 0 Å². The summed E-state index contributed by atoms with van der Waals surface area (Å²) in [4.78, 5) is 10.7. The second kappa shape index (κ2) is 4.26. The van der Waals surface area contributed by atoms with Gasteiger partial charge in [-0.3, -0.25) is 4.79 Å². The summed E-state index contributed by atoms with van der Waals surface area (Å²) in [7, 11) is 0. The summed E-state index contributed by atoms with van der Waals surface area (Å²) < 4.78 is 0. The summed E-state index contributed by atoms with van der Waals surface area (Å²) in [5, 5.41) is 0. The monoisotopic (exact) mass is 140 g/mol. The molecule has 0 bridgehead atoms. The summed E-state index contributed by atoms with van der Waals surface area (Å²) in [6.45, 7) is 9.52. The van der Waals surface area contributed by atoms with Gasteiger partial charge in [-0.05, 0) is 24.8 Å². The zero-order valence-electron chi connectivity index (χ0n) is 7.11. The molecule has 0 aromatic carbocycles. The number of hydrogen-bond donors (Lipinski definition) is 0. The summed E-state index contributed by atoms with van der Waals surface area (Å²) >= 11 is 0. The maximum absolute atomic E-state index is 10.7. The highest BCUT2D eigenvalue weighted by molar-refractivity contribution is 5.92. The molecule has 0 amide bonds. The molecular formula is C9H16O. The number of allylic oxidation sites excluding steroid dienone is 1. The van der Waals surface area contributed by atoms with Gasteiger partial charge in [-0.25, -0.2) is 0 Å². The third-order valence-electron chi connectivity index (χ3n) is 1.79. The van der Waals surface area contributed by atoms with Crippen LogP contribution in [0.25, 0.3) is 0 Å². The Hall–Kier alpha value is -0.590. The molecule has 0 aliphatic carbocycles. The van der Waals surface area contributed by atoms with Crippen LogP contribution in [0.15, 0.2) is 12.2 Å². The molecule has 0 fully saturated rings. The van der Waals surface area contributed by atoms with Crippen LogP contribution in [0, 0.1) is 5.92 Å². The molecule has 0 unspecified atom stereocenters. The van der Waals surface area contributed by atoms with Gasteiger partial charge in [0.1, 0.15) is 0 Å². The number of ketones is 1. The van der Waals surface area contributed by atoms with Gasteiger partial charge in [0.25, 0.3) is 0 Å². The van der Waals surface area contributed by atoms with E-state index in [1.807, 2.05) is 0 Å². The van der Waals surface area contributed by atoms with Crippen molar-refractivity contribution in [3.63, 3.8) is 0 Å². The van der Waals surface area contributed by atoms with E-state index in [1.54, 1.807) is 6.92 Å². The quantitative estimate of drug-likeness (QED) is 0.548. The van der Waals surface area contributed by atoms with E-state index in [0.717, 1.165) is 18.4 Å². The number of rotatable bonds is 4. The summed E-state index contributed by atoms with van der Waals surface area (Å²) in [5.74, 6) is 0.719. The molecule has 1 atom stereocenters. The highest BCUT2D eigenvalue weighted by atomic mass is 16.1. The average molecular weight is 140 g/mol. The van der Waals surface area contributed by atoms with Crippen molar-refractivity contribution in [2.45, 2.75) is 33.6 Å². The number of Topliss-reactive ketones (excluding diaryl/α,β-unsaturated/α-hetero) is 1. The minimum absolute atomic E-state index is 0.125. The van der Waals surface area contributed by atoms with E-state index in [4.69, 9.17) is 0 Å². The van der Waals surface area contributed by atoms with Gasteiger partial charge in [0.2, 0.25) is 0 Å². The molecule has 0 N–H and O–H groups in total. The van der Waals surface area contributed by atoms with Crippen molar-refractivity contribution in [1.29, 1.82) is 0 Å². The lowest BCUT2D eigenvalue weighted by molar-refractivity contribution is -0.113. The molecule has 0 saturated carbocycles. The summed E-state index contributed by atoms with van der Waals surface area (Å²) in [5.41, 5.74) is 0.759. The van der Waals surface area contributed by atoms with Crippen molar-refractivity contribution in [2.75, 3.05) is 0 Å². The van der Waals surface area contributed by atoms with Gasteiger partial charge < -0.3 is 0 Å². The molecule has 10 heavy (non-hydrogen) atoms. The second-order valence-electron chi connectivity index (χ2n) is 2.88. The number of hydrogen-bond acceptors (Lipinski definition) is 1. The molecule has 58 valence electrons. The number of carbonyl (C=O) groups excluding carboxylic acids is 1. The number of carbonyl (C=O) groups is 1. The van der Waals surface area contributed by atoms with Gasteiger partial charge in [0.05, 0.1) is 0 Å². The molecule has 0 aromatic heterocycles. The Labute approximate surface area is 63.1 Å². The molecule has 0 rings (SSSR count). The van der Waals surface area contributed by atoms with Crippen molar-refractivity contribution < 1.29 is 4.79 Å². The fraction of sp³-hybridized carbons (Fsp3) is 0.667. The van der Waals surface area contributed by atoms with E-state index in [2.05, 4.69) is 20.4 Å². The summed E-state index contributed by atoms with van der Waals surface area (Å²) in [6.07, 6.45) is 1.97.